The number of nitrogens with two attached hydrogens (primary N) is 1. The highest BCUT2D eigenvalue weighted by Crippen LogP contribution is 2.43. The Balaban J connectivity index is 4.43. The Morgan fingerprint density at radius 1 is 0.673 bits per heavy atom. The van der Waals surface area contributed by atoms with Crippen molar-refractivity contribution in [2.75, 3.05) is 26.4 Å². The Labute approximate surface area is 315 Å². The van der Waals surface area contributed by atoms with E-state index in [1.165, 1.54) is 57.8 Å². The largest absolute Gasteiger partial charge is 0.472 e. The fraction of sp³-hybridized carbons (Fsp3) is 0.707. The zero-order valence-electron chi connectivity index (χ0n) is 32.4. The molecule has 0 aromatic carbocycles. The summed E-state index contributed by atoms with van der Waals surface area (Å²) < 4.78 is 32.5. The Hall–Kier alpha value is -2.33. The van der Waals surface area contributed by atoms with Crippen molar-refractivity contribution in [2.24, 2.45) is 5.73 Å². The van der Waals surface area contributed by atoms with Crippen LogP contribution in [0.1, 0.15) is 149 Å². The maximum atomic E-state index is 12.5. The van der Waals surface area contributed by atoms with Crippen LogP contribution in [0.15, 0.2) is 60.8 Å². The van der Waals surface area contributed by atoms with Gasteiger partial charge in [-0.05, 0) is 44.9 Å². The van der Waals surface area contributed by atoms with E-state index >= 15 is 0 Å². The van der Waals surface area contributed by atoms with Crippen LogP contribution in [0, 0.1) is 0 Å². The van der Waals surface area contributed by atoms with Crippen molar-refractivity contribution >= 4 is 19.8 Å². The summed E-state index contributed by atoms with van der Waals surface area (Å²) >= 11 is 0. The summed E-state index contributed by atoms with van der Waals surface area (Å²) in [5.74, 6) is -1.04. The fourth-order valence-electron chi connectivity index (χ4n) is 5.07. The van der Waals surface area contributed by atoms with Crippen molar-refractivity contribution < 1.29 is 42.7 Å². The van der Waals surface area contributed by atoms with E-state index in [-0.39, 0.29) is 32.6 Å². The van der Waals surface area contributed by atoms with Gasteiger partial charge in [0.1, 0.15) is 6.61 Å². The van der Waals surface area contributed by atoms with E-state index in [0.717, 1.165) is 44.9 Å². The van der Waals surface area contributed by atoms with Crippen molar-refractivity contribution in [2.45, 2.75) is 161 Å². The van der Waals surface area contributed by atoms with Crippen LogP contribution in [0.25, 0.3) is 0 Å². The molecule has 300 valence electrons. The molecule has 0 saturated heterocycles. The fourth-order valence-corrected chi connectivity index (χ4v) is 5.84. The summed E-state index contributed by atoms with van der Waals surface area (Å²) in [4.78, 5) is 34.8. The van der Waals surface area contributed by atoms with Gasteiger partial charge in [0.15, 0.2) is 6.10 Å². The number of aliphatic hydroxyl groups excluding tert-OH is 1. The van der Waals surface area contributed by atoms with E-state index in [1.54, 1.807) is 12.2 Å². The molecule has 0 aliphatic heterocycles. The van der Waals surface area contributed by atoms with Crippen LogP contribution in [0.5, 0.6) is 0 Å². The topological polar surface area (TPSA) is 155 Å². The van der Waals surface area contributed by atoms with Gasteiger partial charge in [0.25, 0.3) is 0 Å². The molecule has 3 unspecified atom stereocenters. The van der Waals surface area contributed by atoms with Gasteiger partial charge in [-0.2, -0.15) is 0 Å². The molecule has 0 amide bonds. The number of rotatable bonds is 36. The van der Waals surface area contributed by atoms with Crippen LogP contribution in [-0.2, 0) is 32.7 Å². The predicted molar refractivity (Wildman–Crippen MR) is 212 cm³/mol. The maximum absolute atomic E-state index is 12.5. The summed E-state index contributed by atoms with van der Waals surface area (Å²) in [5, 5.41) is 10.2. The molecule has 0 aliphatic carbocycles. The van der Waals surface area contributed by atoms with Crippen molar-refractivity contribution in [3.63, 3.8) is 0 Å². The standard InChI is InChI=1S/C41H72NO9P/c1-3-5-7-9-11-13-15-17-19-21-23-25-27-30-38(43)31-29-33-41(45)51-39(37-50-52(46,47)49-35-34-42)36-48-40(44)32-28-26-24-22-20-18-16-14-12-10-8-6-4-2/h5,7,11,13,17,19,23,25,27,30,38-39,43H,3-4,6,8-10,12,14-16,18,20-22,24,26,28-29,31-37,42H2,1-2H3,(H,46,47)/b7-5-,13-11-,19-17-,25-23-,30-27+. The number of phosphoric ester groups is 1. The van der Waals surface area contributed by atoms with Crippen LogP contribution < -0.4 is 5.73 Å². The number of allylic oxidation sites excluding steroid dienone is 9. The molecular weight excluding hydrogens is 681 g/mol. The monoisotopic (exact) mass is 753 g/mol. The first kappa shape index (κ1) is 49.7. The minimum absolute atomic E-state index is 0.00125. The van der Waals surface area contributed by atoms with Crippen molar-refractivity contribution in [1.29, 1.82) is 0 Å². The Bertz CT molecular complexity index is 1060. The average Bonchev–Trinajstić information content (AvgIpc) is 3.12. The van der Waals surface area contributed by atoms with Gasteiger partial charge < -0.3 is 25.2 Å². The number of ether oxygens (including phenoxy) is 2. The number of hydrogen-bond donors (Lipinski definition) is 3. The van der Waals surface area contributed by atoms with E-state index in [4.69, 9.17) is 24.3 Å². The molecule has 10 nitrogen and oxygen atoms in total. The molecule has 0 saturated carbocycles. The highest BCUT2D eigenvalue weighted by Gasteiger charge is 2.26. The van der Waals surface area contributed by atoms with Crippen LogP contribution in [0.2, 0.25) is 0 Å². The van der Waals surface area contributed by atoms with Crippen LogP contribution in [0.3, 0.4) is 0 Å². The molecule has 52 heavy (non-hydrogen) atoms. The lowest BCUT2D eigenvalue weighted by Crippen LogP contribution is -2.29. The lowest BCUT2D eigenvalue weighted by atomic mass is 10.0. The molecule has 0 bridgehead atoms. The Morgan fingerprint density at radius 3 is 1.79 bits per heavy atom. The normalized spacial score (nSPS) is 14.6. The third-order valence-corrected chi connectivity index (χ3v) is 9.01. The minimum atomic E-state index is -4.43. The van der Waals surface area contributed by atoms with E-state index in [9.17, 15) is 24.2 Å². The number of unbranched alkanes of at least 4 members (excludes halogenated alkanes) is 12. The Kier molecular flexibility index (Phi) is 35.3. The average molecular weight is 754 g/mol. The molecule has 4 N–H and O–H groups in total. The van der Waals surface area contributed by atoms with Gasteiger partial charge in [-0.25, -0.2) is 4.57 Å². The predicted octanol–water partition coefficient (Wildman–Crippen LogP) is 9.91. The summed E-state index contributed by atoms with van der Waals surface area (Å²) in [5.41, 5.74) is 5.32. The number of carbonyl (C=O) groups is 2. The summed E-state index contributed by atoms with van der Waals surface area (Å²) in [6.45, 7) is 3.37. The first-order valence-corrected chi connectivity index (χ1v) is 21.4. The molecule has 0 fully saturated rings. The molecule has 0 aromatic heterocycles. The van der Waals surface area contributed by atoms with Gasteiger partial charge in [-0.3, -0.25) is 18.6 Å². The first-order valence-electron chi connectivity index (χ1n) is 19.9. The number of hydrogen-bond acceptors (Lipinski definition) is 9. The Morgan fingerprint density at radius 2 is 1.21 bits per heavy atom. The number of carbonyl (C=O) groups excluding carboxylic acids is 2. The highest BCUT2D eigenvalue weighted by molar-refractivity contribution is 7.47. The van der Waals surface area contributed by atoms with Crippen LogP contribution in [0.4, 0.5) is 0 Å². The first-order chi connectivity index (χ1) is 25.2. The molecule has 0 aliphatic rings. The lowest BCUT2D eigenvalue weighted by Gasteiger charge is -2.20. The minimum Gasteiger partial charge on any atom is -0.462 e. The quantitative estimate of drug-likeness (QED) is 0.0185. The van der Waals surface area contributed by atoms with E-state index in [0.29, 0.717) is 19.3 Å². The second-order valence-electron chi connectivity index (χ2n) is 13.0. The molecule has 3 atom stereocenters. The van der Waals surface area contributed by atoms with Crippen molar-refractivity contribution in [1.82, 2.24) is 0 Å². The molecule has 0 rings (SSSR count). The number of esters is 2. The molecule has 0 spiro atoms. The summed E-state index contributed by atoms with van der Waals surface area (Å²) in [6, 6.07) is 0. The number of phosphoric acid groups is 1. The van der Waals surface area contributed by atoms with Gasteiger partial charge in [-0.1, -0.05) is 152 Å². The molecule has 0 heterocycles. The maximum Gasteiger partial charge on any atom is 0.472 e. The van der Waals surface area contributed by atoms with Gasteiger partial charge in [-0.15, -0.1) is 0 Å². The second kappa shape index (κ2) is 37.0. The van der Waals surface area contributed by atoms with Crippen molar-refractivity contribution in [3.05, 3.63) is 60.8 Å². The molecule has 0 aromatic rings. The SMILES string of the molecule is CC/C=C\C/C=C\C/C=C\C/C=C\C=C\C(O)CCCC(=O)OC(COC(=O)CCCCCCCCCCCCCCC)COP(=O)(O)OCCN. The molecule has 0 radical (unpaired) electrons. The third-order valence-electron chi connectivity index (χ3n) is 8.02. The van der Waals surface area contributed by atoms with E-state index in [1.807, 2.05) is 12.2 Å². The van der Waals surface area contributed by atoms with Crippen LogP contribution >= 0.6 is 7.82 Å². The summed E-state index contributed by atoms with van der Waals surface area (Å²) in [7, 11) is -4.43. The molecule has 11 heteroatoms. The molecular formula is C41H72NO9P. The smallest absolute Gasteiger partial charge is 0.462 e. The third kappa shape index (κ3) is 36.0. The summed E-state index contributed by atoms with van der Waals surface area (Å²) in [6.07, 6.45) is 38.5. The number of aliphatic hydroxyl groups is 1. The van der Waals surface area contributed by atoms with Crippen molar-refractivity contribution in [3.8, 4) is 0 Å². The van der Waals surface area contributed by atoms with Gasteiger partial charge in [0, 0.05) is 19.4 Å². The van der Waals surface area contributed by atoms with E-state index in [2.05, 4.69) is 50.3 Å². The van der Waals surface area contributed by atoms with Gasteiger partial charge in [0.05, 0.1) is 19.3 Å². The van der Waals surface area contributed by atoms with E-state index < -0.39 is 38.6 Å². The highest BCUT2D eigenvalue weighted by atomic mass is 31.2. The zero-order chi connectivity index (χ0) is 38.4. The van der Waals surface area contributed by atoms with Gasteiger partial charge in [0.2, 0.25) is 0 Å². The lowest BCUT2D eigenvalue weighted by molar-refractivity contribution is -0.161. The second-order valence-corrected chi connectivity index (χ2v) is 14.4. The van der Waals surface area contributed by atoms with Crippen LogP contribution in [-0.4, -0.2) is 60.5 Å². The zero-order valence-corrected chi connectivity index (χ0v) is 33.3. The van der Waals surface area contributed by atoms with Gasteiger partial charge >= 0.3 is 19.8 Å².